The number of para-hydroxylation sites is 1. The Balaban J connectivity index is 0.00000312. The van der Waals surface area contributed by atoms with Gasteiger partial charge in [0, 0.05) is 24.7 Å². The molecule has 3 N–H and O–H groups in total. The van der Waals surface area contributed by atoms with Gasteiger partial charge in [0.15, 0.2) is 17.5 Å². The summed E-state index contributed by atoms with van der Waals surface area (Å²) in [5, 5.41) is 16.9. The molecule has 0 amide bonds. The van der Waals surface area contributed by atoms with Crippen molar-refractivity contribution in [3.8, 4) is 11.5 Å². The molecule has 1 aliphatic rings. The molecule has 6 nitrogen and oxygen atoms in total. The van der Waals surface area contributed by atoms with Crippen molar-refractivity contribution < 1.29 is 9.84 Å². The van der Waals surface area contributed by atoms with E-state index in [1.165, 1.54) is 19.4 Å². The van der Waals surface area contributed by atoms with Crippen molar-refractivity contribution in [2.45, 2.75) is 39.3 Å². The van der Waals surface area contributed by atoms with Crippen LogP contribution < -0.4 is 15.4 Å². The van der Waals surface area contributed by atoms with E-state index in [0.29, 0.717) is 18.3 Å². The molecule has 0 bridgehead atoms. The highest BCUT2D eigenvalue weighted by molar-refractivity contribution is 14.0. The zero-order valence-electron chi connectivity index (χ0n) is 15.4. The predicted molar refractivity (Wildman–Crippen MR) is 113 cm³/mol. The Kier molecular flexibility index (Phi) is 9.96. The van der Waals surface area contributed by atoms with Crippen LogP contribution in [0.1, 0.15) is 32.3 Å². The summed E-state index contributed by atoms with van der Waals surface area (Å²) in [6.45, 7) is 8.64. The molecule has 1 aliphatic heterocycles. The third-order valence-corrected chi connectivity index (χ3v) is 4.46. The van der Waals surface area contributed by atoms with Crippen molar-refractivity contribution in [1.29, 1.82) is 0 Å². The Bertz CT molecular complexity index is 554. The van der Waals surface area contributed by atoms with E-state index in [0.717, 1.165) is 31.2 Å². The van der Waals surface area contributed by atoms with Crippen LogP contribution in [0.5, 0.6) is 11.5 Å². The summed E-state index contributed by atoms with van der Waals surface area (Å²) in [4.78, 5) is 7.10. The van der Waals surface area contributed by atoms with E-state index in [1.807, 2.05) is 19.1 Å². The van der Waals surface area contributed by atoms with E-state index >= 15 is 0 Å². The van der Waals surface area contributed by atoms with Crippen molar-refractivity contribution >= 4 is 29.9 Å². The molecule has 1 saturated heterocycles. The number of nitrogens with zero attached hydrogens (tertiary/aromatic N) is 2. The maximum atomic E-state index is 10.2. The van der Waals surface area contributed by atoms with Crippen LogP contribution >= 0.6 is 24.0 Å². The smallest absolute Gasteiger partial charge is 0.191 e. The van der Waals surface area contributed by atoms with Gasteiger partial charge in [-0.3, -0.25) is 4.90 Å². The molecular weight excluding hydrogens is 431 g/mol. The van der Waals surface area contributed by atoms with Gasteiger partial charge in [0.2, 0.25) is 0 Å². The van der Waals surface area contributed by atoms with Gasteiger partial charge in [0.1, 0.15) is 0 Å². The Hall–Kier alpha value is -1.22. The van der Waals surface area contributed by atoms with Gasteiger partial charge in [0.25, 0.3) is 0 Å². The first-order chi connectivity index (χ1) is 11.7. The summed E-state index contributed by atoms with van der Waals surface area (Å²) in [6, 6.07) is 6.04. The lowest BCUT2D eigenvalue weighted by molar-refractivity contribution is 0.267. The van der Waals surface area contributed by atoms with Crippen molar-refractivity contribution in [1.82, 2.24) is 15.5 Å². The monoisotopic (exact) mass is 462 g/mol. The predicted octanol–water partition coefficient (Wildman–Crippen LogP) is 2.56. The van der Waals surface area contributed by atoms with E-state index in [-0.39, 0.29) is 29.7 Å². The second-order valence-corrected chi connectivity index (χ2v) is 5.97. The Morgan fingerprint density at radius 3 is 2.84 bits per heavy atom. The number of phenols is 1. The van der Waals surface area contributed by atoms with Crippen molar-refractivity contribution in [2.75, 3.05) is 33.3 Å². The number of likely N-dealkylation sites (N-methyl/N-ethyl adjacent to an activating group) is 1. The fraction of sp³-hybridized carbons (Fsp3) is 0.611. The number of halogens is 1. The summed E-state index contributed by atoms with van der Waals surface area (Å²) < 4.78 is 5.14. The summed E-state index contributed by atoms with van der Waals surface area (Å²) >= 11 is 0. The van der Waals surface area contributed by atoms with Gasteiger partial charge in [0.05, 0.1) is 13.7 Å². The minimum absolute atomic E-state index is 0. The number of rotatable bonds is 7. The van der Waals surface area contributed by atoms with Crippen molar-refractivity contribution in [2.24, 2.45) is 4.99 Å². The van der Waals surface area contributed by atoms with Crippen LogP contribution in [0.3, 0.4) is 0 Å². The highest BCUT2D eigenvalue weighted by Crippen LogP contribution is 2.29. The molecule has 1 unspecified atom stereocenters. The minimum Gasteiger partial charge on any atom is -0.504 e. The molecule has 1 fully saturated rings. The van der Waals surface area contributed by atoms with Gasteiger partial charge >= 0.3 is 0 Å². The molecule has 1 atom stereocenters. The van der Waals surface area contributed by atoms with E-state index in [9.17, 15) is 5.11 Å². The lowest BCUT2D eigenvalue weighted by atomic mass is 10.2. The molecule has 25 heavy (non-hydrogen) atoms. The second kappa shape index (κ2) is 11.4. The maximum Gasteiger partial charge on any atom is 0.191 e. The summed E-state index contributed by atoms with van der Waals surface area (Å²) in [5.41, 5.74) is 0.752. The second-order valence-electron chi connectivity index (χ2n) is 5.97. The third kappa shape index (κ3) is 6.22. The van der Waals surface area contributed by atoms with Crippen LogP contribution in [0, 0.1) is 0 Å². The van der Waals surface area contributed by atoms with Crippen LogP contribution in [0.15, 0.2) is 23.2 Å². The number of ether oxygens (including phenoxy) is 1. The Morgan fingerprint density at radius 1 is 1.36 bits per heavy atom. The zero-order chi connectivity index (χ0) is 17.4. The first-order valence-electron chi connectivity index (χ1n) is 8.80. The van der Waals surface area contributed by atoms with Crippen LogP contribution in [-0.4, -0.2) is 55.3 Å². The lowest BCUT2D eigenvalue weighted by Crippen LogP contribution is -2.44. The molecular formula is C18H31IN4O2. The van der Waals surface area contributed by atoms with E-state index in [2.05, 4.69) is 27.4 Å². The molecule has 0 saturated carbocycles. The quantitative estimate of drug-likeness (QED) is 0.330. The van der Waals surface area contributed by atoms with E-state index in [4.69, 9.17) is 4.74 Å². The Morgan fingerprint density at radius 2 is 2.16 bits per heavy atom. The molecule has 142 valence electrons. The summed E-state index contributed by atoms with van der Waals surface area (Å²) in [5.74, 6) is 1.42. The van der Waals surface area contributed by atoms with Crippen LogP contribution in [-0.2, 0) is 6.54 Å². The average molecular weight is 462 g/mol. The summed E-state index contributed by atoms with van der Waals surface area (Å²) in [6.07, 6.45) is 2.50. The number of hydrogen-bond acceptors (Lipinski definition) is 4. The number of benzene rings is 1. The highest BCUT2D eigenvalue weighted by Gasteiger charge is 2.22. The Labute approximate surface area is 168 Å². The van der Waals surface area contributed by atoms with Crippen LogP contribution in [0.2, 0.25) is 0 Å². The first-order valence-corrected chi connectivity index (χ1v) is 8.80. The van der Waals surface area contributed by atoms with Crippen molar-refractivity contribution in [3.05, 3.63) is 23.8 Å². The zero-order valence-corrected chi connectivity index (χ0v) is 17.7. The molecule has 2 rings (SSSR count). The average Bonchev–Trinajstić information content (AvgIpc) is 3.06. The van der Waals surface area contributed by atoms with E-state index in [1.54, 1.807) is 13.2 Å². The number of nitrogens with one attached hydrogen (secondary N) is 2. The third-order valence-electron chi connectivity index (χ3n) is 4.46. The number of hydrogen-bond donors (Lipinski definition) is 3. The topological polar surface area (TPSA) is 69.1 Å². The number of aliphatic imine (C=N–C) groups is 1. The normalized spacial score (nSPS) is 17.9. The number of likely N-dealkylation sites (tertiary alicyclic amines) is 1. The molecule has 1 aromatic rings. The molecule has 1 aromatic carbocycles. The number of aromatic hydroxyl groups is 1. The highest BCUT2D eigenvalue weighted by atomic mass is 127. The minimum atomic E-state index is 0. The molecule has 0 aromatic heterocycles. The molecule has 1 heterocycles. The molecule has 7 heteroatoms. The lowest BCUT2D eigenvalue weighted by Gasteiger charge is -2.24. The van der Waals surface area contributed by atoms with Gasteiger partial charge in [-0.15, -0.1) is 24.0 Å². The van der Waals surface area contributed by atoms with Crippen molar-refractivity contribution in [3.63, 3.8) is 0 Å². The number of phenolic OH excluding ortho intramolecular Hbond substituents is 1. The SMILES string of the molecule is CCNC(=NCc1cccc(OC)c1O)NCC1CCCN1CC.I. The van der Waals surface area contributed by atoms with E-state index < -0.39 is 0 Å². The van der Waals surface area contributed by atoms with Crippen LogP contribution in [0.25, 0.3) is 0 Å². The fourth-order valence-electron chi connectivity index (χ4n) is 3.12. The van der Waals surface area contributed by atoms with Gasteiger partial charge in [-0.05, 0) is 38.9 Å². The number of methoxy groups -OCH3 is 1. The van der Waals surface area contributed by atoms with Gasteiger partial charge in [-0.25, -0.2) is 4.99 Å². The van der Waals surface area contributed by atoms with Gasteiger partial charge in [-0.1, -0.05) is 19.1 Å². The first kappa shape index (κ1) is 21.8. The van der Waals surface area contributed by atoms with Gasteiger partial charge < -0.3 is 20.5 Å². The van der Waals surface area contributed by atoms with Gasteiger partial charge in [-0.2, -0.15) is 0 Å². The maximum absolute atomic E-state index is 10.2. The molecule has 0 aliphatic carbocycles. The van der Waals surface area contributed by atoms with Crippen LogP contribution in [0.4, 0.5) is 0 Å². The molecule has 0 spiro atoms. The number of guanidine groups is 1. The fourth-order valence-corrected chi connectivity index (χ4v) is 3.12. The molecule has 0 radical (unpaired) electrons. The largest absolute Gasteiger partial charge is 0.504 e. The summed E-state index contributed by atoms with van der Waals surface area (Å²) in [7, 11) is 1.55. The standard InChI is InChI=1S/C18H30N4O2.HI/c1-4-19-18(21-13-15-9-7-11-22(15)5-2)20-12-14-8-6-10-16(24-3)17(14)23;/h6,8,10,15,23H,4-5,7,9,11-13H2,1-3H3,(H2,19,20,21);1H.